The van der Waals surface area contributed by atoms with Gasteiger partial charge in [0.1, 0.15) is 0 Å². The smallest absolute Gasteiger partial charge is 0.218 e. The number of hydrogen-bond acceptors (Lipinski definition) is 5. The van der Waals surface area contributed by atoms with Gasteiger partial charge in [0.05, 0.1) is 26.9 Å². The largest absolute Gasteiger partial charge is 0.481 e. The van der Waals surface area contributed by atoms with E-state index in [1.54, 1.807) is 13.3 Å². The van der Waals surface area contributed by atoms with E-state index in [0.717, 1.165) is 50.9 Å². The van der Waals surface area contributed by atoms with Gasteiger partial charge in [0, 0.05) is 43.5 Å². The van der Waals surface area contributed by atoms with Gasteiger partial charge in [-0.15, -0.1) is 24.0 Å². The third-order valence-corrected chi connectivity index (χ3v) is 4.35. The van der Waals surface area contributed by atoms with Crippen molar-refractivity contribution in [3.8, 4) is 5.88 Å². The molecule has 1 aliphatic heterocycles. The van der Waals surface area contributed by atoms with E-state index in [1.165, 1.54) is 0 Å². The Morgan fingerprint density at radius 1 is 1.35 bits per heavy atom. The Bertz CT molecular complexity index is 562. The number of nitrogens with one attached hydrogen (secondary N) is 2. The molecule has 0 atom stereocenters. The topological polar surface area (TPSA) is 71.0 Å². The summed E-state index contributed by atoms with van der Waals surface area (Å²) in [6.07, 6.45) is 1.72. The van der Waals surface area contributed by atoms with Crippen LogP contribution in [0, 0.1) is 0 Å². The van der Waals surface area contributed by atoms with Crippen molar-refractivity contribution in [2.75, 3.05) is 46.5 Å². The number of rotatable bonds is 7. The summed E-state index contributed by atoms with van der Waals surface area (Å²) < 4.78 is 10.7. The summed E-state index contributed by atoms with van der Waals surface area (Å²) in [6, 6.07) is 3.88. The Kier molecular flexibility index (Phi) is 10.2. The van der Waals surface area contributed by atoms with Gasteiger partial charge in [0.15, 0.2) is 5.96 Å². The van der Waals surface area contributed by atoms with E-state index < -0.39 is 0 Å². The minimum atomic E-state index is 0. The summed E-state index contributed by atoms with van der Waals surface area (Å²) in [6.45, 7) is 12.2. The lowest BCUT2D eigenvalue weighted by Gasteiger charge is -2.41. The maximum absolute atomic E-state index is 5.45. The number of methoxy groups -OCH3 is 1. The Balaban J connectivity index is 0.00000338. The highest BCUT2D eigenvalue weighted by Crippen LogP contribution is 2.16. The van der Waals surface area contributed by atoms with Crippen molar-refractivity contribution in [3.63, 3.8) is 0 Å². The molecular formula is C18H32IN5O2. The normalized spacial score (nSPS) is 15.9. The summed E-state index contributed by atoms with van der Waals surface area (Å²) in [7, 11) is 1.63. The molecule has 26 heavy (non-hydrogen) atoms. The molecule has 0 aliphatic carbocycles. The fraction of sp³-hybridized carbons (Fsp3) is 0.667. The molecule has 0 bridgehead atoms. The standard InChI is InChI=1S/C18H31N5O2.HI/c1-5-19-17(21-13-15-7-6-8-20-16(15)24-4)22-14-18(2,3)23-9-11-25-12-10-23;/h6-8H,5,9-14H2,1-4H3,(H2,19,21,22);1H. The van der Waals surface area contributed by atoms with E-state index in [0.29, 0.717) is 12.4 Å². The molecule has 0 amide bonds. The lowest BCUT2D eigenvalue weighted by Crippen LogP contribution is -2.56. The number of aromatic nitrogens is 1. The number of pyridine rings is 1. The Labute approximate surface area is 174 Å². The van der Waals surface area contributed by atoms with Crippen LogP contribution in [0.2, 0.25) is 0 Å². The van der Waals surface area contributed by atoms with Crippen molar-refractivity contribution in [3.05, 3.63) is 23.9 Å². The van der Waals surface area contributed by atoms with Gasteiger partial charge in [-0.25, -0.2) is 9.98 Å². The van der Waals surface area contributed by atoms with Gasteiger partial charge in [-0.05, 0) is 26.8 Å². The van der Waals surface area contributed by atoms with E-state index in [1.807, 2.05) is 12.1 Å². The van der Waals surface area contributed by atoms with E-state index in [4.69, 9.17) is 9.47 Å². The summed E-state index contributed by atoms with van der Waals surface area (Å²) in [4.78, 5) is 11.3. The van der Waals surface area contributed by atoms with Crippen LogP contribution in [0.3, 0.4) is 0 Å². The molecule has 1 aromatic heterocycles. The molecule has 2 heterocycles. The molecule has 1 saturated heterocycles. The number of halogens is 1. The maximum atomic E-state index is 5.45. The molecule has 0 unspecified atom stereocenters. The predicted molar refractivity (Wildman–Crippen MR) is 115 cm³/mol. The van der Waals surface area contributed by atoms with Crippen molar-refractivity contribution in [2.24, 2.45) is 4.99 Å². The number of nitrogens with zero attached hydrogens (tertiary/aromatic N) is 3. The van der Waals surface area contributed by atoms with Crippen LogP contribution in [0.1, 0.15) is 26.3 Å². The maximum Gasteiger partial charge on any atom is 0.218 e. The molecule has 1 aromatic rings. The van der Waals surface area contributed by atoms with Crippen LogP contribution in [-0.2, 0) is 11.3 Å². The first kappa shape index (κ1) is 22.9. The van der Waals surface area contributed by atoms with Gasteiger partial charge in [0.2, 0.25) is 5.88 Å². The highest BCUT2D eigenvalue weighted by Gasteiger charge is 2.28. The van der Waals surface area contributed by atoms with Crippen molar-refractivity contribution in [2.45, 2.75) is 32.9 Å². The molecule has 2 N–H and O–H groups in total. The summed E-state index contributed by atoms with van der Waals surface area (Å²) in [5.41, 5.74) is 1.00. The molecular weight excluding hydrogens is 445 g/mol. The van der Waals surface area contributed by atoms with Crippen molar-refractivity contribution in [1.82, 2.24) is 20.5 Å². The zero-order chi connectivity index (χ0) is 18.1. The monoisotopic (exact) mass is 477 g/mol. The number of hydrogen-bond donors (Lipinski definition) is 2. The van der Waals surface area contributed by atoms with E-state index in [2.05, 4.69) is 46.3 Å². The average molecular weight is 477 g/mol. The lowest BCUT2D eigenvalue weighted by atomic mass is 10.0. The van der Waals surface area contributed by atoms with Crippen LogP contribution in [0.15, 0.2) is 23.3 Å². The third kappa shape index (κ3) is 6.88. The first-order valence-corrected chi connectivity index (χ1v) is 8.89. The fourth-order valence-corrected chi connectivity index (χ4v) is 2.81. The summed E-state index contributed by atoms with van der Waals surface area (Å²) in [5.74, 6) is 1.42. The summed E-state index contributed by atoms with van der Waals surface area (Å²) in [5, 5.41) is 6.76. The zero-order valence-electron chi connectivity index (χ0n) is 16.2. The van der Waals surface area contributed by atoms with Crippen LogP contribution in [0.5, 0.6) is 5.88 Å². The highest BCUT2D eigenvalue weighted by atomic mass is 127. The first-order chi connectivity index (χ1) is 12.1. The lowest BCUT2D eigenvalue weighted by molar-refractivity contribution is -0.00834. The molecule has 0 saturated carbocycles. The second kappa shape index (κ2) is 11.6. The van der Waals surface area contributed by atoms with E-state index >= 15 is 0 Å². The van der Waals surface area contributed by atoms with Crippen LogP contribution in [-0.4, -0.2) is 67.9 Å². The van der Waals surface area contributed by atoms with E-state index in [9.17, 15) is 0 Å². The molecule has 0 radical (unpaired) electrons. The Morgan fingerprint density at radius 3 is 2.73 bits per heavy atom. The number of aliphatic imine (C=N–C) groups is 1. The predicted octanol–water partition coefficient (Wildman–Crippen LogP) is 1.87. The molecule has 2 rings (SSSR count). The number of morpholine rings is 1. The van der Waals surface area contributed by atoms with Crippen molar-refractivity contribution >= 4 is 29.9 Å². The zero-order valence-corrected chi connectivity index (χ0v) is 18.6. The van der Waals surface area contributed by atoms with Gasteiger partial charge < -0.3 is 20.1 Å². The first-order valence-electron chi connectivity index (χ1n) is 8.89. The van der Waals surface area contributed by atoms with Crippen molar-refractivity contribution < 1.29 is 9.47 Å². The molecule has 8 heteroatoms. The minimum absolute atomic E-state index is 0. The highest BCUT2D eigenvalue weighted by molar-refractivity contribution is 14.0. The van der Waals surface area contributed by atoms with Crippen LogP contribution in [0.4, 0.5) is 0 Å². The quantitative estimate of drug-likeness (QED) is 0.355. The molecule has 1 fully saturated rings. The molecule has 0 spiro atoms. The second-order valence-electron chi connectivity index (χ2n) is 6.63. The average Bonchev–Trinajstić information content (AvgIpc) is 2.65. The second-order valence-corrected chi connectivity index (χ2v) is 6.63. The number of guanidine groups is 1. The fourth-order valence-electron chi connectivity index (χ4n) is 2.81. The Morgan fingerprint density at radius 2 is 2.08 bits per heavy atom. The Hall–Kier alpha value is -1.13. The van der Waals surface area contributed by atoms with Gasteiger partial charge in [-0.3, -0.25) is 4.90 Å². The molecule has 148 valence electrons. The number of ether oxygens (including phenoxy) is 2. The summed E-state index contributed by atoms with van der Waals surface area (Å²) >= 11 is 0. The van der Waals surface area contributed by atoms with Crippen LogP contribution >= 0.6 is 24.0 Å². The van der Waals surface area contributed by atoms with E-state index in [-0.39, 0.29) is 29.5 Å². The molecule has 1 aliphatic rings. The SMILES string of the molecule is CCNC(=NCc1cccnc1OC)NCC(C)(C)N1CCOCC1.I. The molecule has 7 nitrogen and oxygen atoms in total. The van der Waals surface area contributed by atoms with Crippen LogP contribution < -0.4 is 15.4 Å². The van der Waals surface area contributed by atoms with Gasteiger partial charge in [-0.2, -0.15) is 0 Å². The van der Waals surface area contributed by atoms with Gasteiger partial charge in [-0.1, -0.05) is 6.07 Å². The van der Waals surface area contributed by atoms with Crippen molar-refractivity contribution in [1.29, 1.82) is 0 Å². The molecule has 0 aromatic carbocycles. The third-order valence-electron chi connectivity index (χ3n) is 4.35. The van der Waals surface area contributed by atoms with Gasteiger partial charge in [0.25, 0.3) is 0 Å². The van der Waals surface area contributed by atoms with Gasteiger partial charge >= 0.3 is 0 Å². The van der Waals surface area contributed by atoms with Crippen LogP contribution in [0.25, 0.3) is 0 Å². The minimum Gasteiger partial charge on any atom is -0.481 e.